The lowest BCUT2D eigenvalue weighted by molar-refractivity contribution is 0.272. The van der Waals surface area contributed by atoms with Gasteiger partial charge in [-0.3, -0.25) is 4.98 Å². The molecule has 1 fully saturated rings. The molecule has 1 unspecified atom stereocenters. The molecule has 4 heteroatoms. The number of aryl methyl sites for hydroxylation is 1. The van der Waals surface area contributed by atoms with E-state index in [1.165, 1.54) is 32.1 Å². The van der Waals surface area contributed by atoms with E-state index < -0.39 is 0 Å². The summed E-state index contributed by atoms with van der Waals surface area (Å²) in [5, 5.41) is 3.55. The maximum Gasteiger partial charge on any atom is 0.137 e. The second kappa shape index (κ2) is 7.46. The number of hydrogen-bond donors (Lipinski definition) is 2. The Kier molecular flexibility index (Phi) is 5.61. The first-order valence-electron chi connectivity index (χ1n) is 7.27. The van der Waals surface area contributed by atoms with Crippen molar-refractivity contribution in [1.29, 1.82) is 0 Å². The van der Waals surface area contributed by atoms with E-state index in [1.807, 2.05) is 19.2 Å². The van der Waals surface area contributed by atoms with Crippen molar-refractivity contribution in [1.82, 2.24) is 10.3 Å². The first-order chi connectivity index (χ1) is 9.24. The molecule has 4 nitrogen and oxygen atoms in total. The van der Waals surface area contributed by atoms with Gasteiger partial charge in [-0.1, -0.05) is 19.3 Å². The topological polar surface area (TPSA) is 60.2 Å². The molecule has 1 aromatic rings. The van der Waals surface area contributed by atoms with Crippen LogP contribution in [-0.2, 0) is 0 Å². The van der Waals surface area contributed by atoms with E-state index in [2.05, 4.69) is 10.3 Å². The van der Waals surface area contributed by atoms with Gasteiger partial charge in [0, 0.05) is 18.8 Å². The molecule has 0 bridgehead atoms. The molecule has 1 aliphatic rings. The third kappa shape index (κ3) is 5.17. The summed E-state index contributed by atoms with van der Waals surface area (Å²) in [6, 6.07) is 2.66. The van der Waals surface area contributed by atoms with E-state index in [-0.39, 0.29) is 6.04 Å². The van der Waals surface area contributed by atoms with Crippen LogP contribution >= 0.6 is 0 Å². The molecular weight excluding hydrogens is 238 g/mol. The van der Waals surface area contributed by atoms with Gasteiger partial charge in [0.25, 0.3) is 0 Å². The Morgan fingerprint density at radius 3 is 2.89 bits per heavy atom. The Morgan fingerprint density at radius 2 is 2.16 bits per heavy atom. The molecule has 3 N–H and O–H groups in total. The van der Waals surface area contributed by atoms with Gasteiger partial charge in [0.05, 0.1) is 12.2 Å². The fourth-order valence-electron chi connectivity index (χ4n) is 2.49. The molecule has 1 saturated carbocycles. The van der Waals surface area contributed by atoms with Crippen LogP contribution in [0.5, 0.6) is 5.75 Å². The van der Waals surface area contributed by atoms with Crippen molar-refractivity contribution in [2.45, 2.75) is 51.1 Å². The first kappa shape index (κ1) is 14.3. The molecule has 0 aliphatic heterocycles. The zero-order chi connectivity index (χ0) is 13.5. The molecule has 106 valence electrons. The lowest BCUT2D eigenvalue weighted by Gasteiger charge is -2.24. The number of ether oxygens (including phenoxy) is 1. The van der Waals surface area contributed by atoms with Gasteiger partial charge in [-0.25, -0.2) is 0 Å². The van der Waals surface area contributed by atoms with Gasteiger partial charge in [-0.05, 0) is 31.4 Å². The largest absolute Gasteiger partial charge is 0.490 e. The van der Waals surface area contributed by atoms with Gasteiger partial charge in [0.15, 0.2) is 0 Å². The van der Waals surface area contributed by atoms with Gasteiger partial charge in [-0.15, -0.1) is 0 Å². The maximum absolute atomic E-state index is 6.07. The summed E-state index contributed by atoms with van der Waals surface area (Å²) < 4.78 is 5.66. The van der Waals surface area contributed by atoms with Gasteiger partial charge < -0.3 is 15.8 Å². The minimum Gasteiger partial charge on any atom is -0.490 e. The van der Waals surface area contributed by atoms with Gasteiger partial charge in [0.1, 0.15) is 12.4 Å². The Balaban J connectivity index is 1.65. The maximum atomic E-state index is 6.07. The lowest BCUT2D eigenvalue weighted by Crippen LogP contribution is -2.43. The predicted molar refractivity (Wildman–Crippen MR) is 77.3 cm³/mol. The van der Waals surface area contributed by atoms with Crippen LogP contribution in [0.3, 0.4) is 0 Å². The monoisotopic (exact) mass is 263 g/mol. The number of nitrogens with zero attached hydrogens (tertiary/aromatic N) is 1. The van der Waals surface area contributed by atoms with Crippen LogP contribution in [0, 0.1) is 6.92 Å². The fraction of sp³-hybridized carbons (Fsp3) is 0.667. The third-order valence-electron chi connectivity index (χ3n) is 3.59. The summed E-state index contributed by atoms with van der Waals surface area (Å²) in [7, 11) is 0. The Labute approximate surface area is 115 Å². The van der Waals surface area contributed by atoms with E-state index in [1.54, 1.807) is 6.20 Å². The zero-order valence-electron chi connectivity index (χ0n) is 11.8. The molecule has 1 atom stereocenters. The van der Waals surface area contributed by atoms with Gasteiger partial charge >= 0.3 is 0 Å². The number of aromatic nitrogens is 1. The molecule has 2 rings (SSSR count). The van der Waals surface area contributed by atoms with E-state index in [0.29, 0.717) is 12.6 Å². The van der Waals surface area contributed by atoms with Crippen molar-refractivity contribution in [3.8, 4) is 5.75 Å². The van der Waals surface area contributed by atoms with Crippen LogP contribution < -0.4 is 15.8 Å². The van der Waals surface area contributed by atoms with Crippen LogP contribution in [0.2, 0.25) is 0 Å². The summed E-state index contributed by atoms with van der Waals surface area (Å²) in [4.78, 5) is 4.10. The van der Waals surface area contributed by atoms with Crippen LogP contribution in [0.15, 0.2) is 18.5 Å². The molecule has 1 aromatic heterocycles. The highest BCUT2D eigenvalue weighted by atomic mass is 16.5. The van der Waals surface area contributed by atoms with Gasteiger partial charge in [-0.2, -0.15) is 0 Å². The van der Waals surface area contributed by atoms with Crippen LogP contribution in [0.25, 0.3) is 0 Å². The standard InChI is InChI=1S/C15H25N3O/c1-12-7-15(10-17-8-12)19-11-13(16)9-18-14-5-3-2-4-6-14/h7-8,10,13-14,18H,2-6,9,11,16H2,1H3. The van der Waals surface area contributed by atoms with Crippen molar-refractivity contribution in [2.75, 3.05) is 13.2 Å². The molecule has 0 spiro atoms. The van der Waals surface area contributed by atoms with Crippen molar-refractivity contribution in [3.05, 3.63) is 24.0 Å². The normalized spacial score (nSPS) is 18.2. The second-order valence-electron chi connectivity index (χ2n) is 5.51. The fourth-order valence-corrected chi connectivity index (χ4v) is 2.49. The average Bonchev–Trinajstić information content (AvgIpc) is 2.44. The van der Waals surface area contributed by atoms with E-state index >= 15 is 0 Å². The van der Waals surface area contributed by atoms with Crippen LogP contribution in [-0.4, -0.2) is 30.2 Å². The predicted octanol–water partition coefficient (Wildman–Crippen LogP) is 2.02. The van der Waals surface area contributed by atoms with Crippen LogP contribution in [0.1, 0.15) is 37.7 Å². The van der Waals surface area contributed by atoms with E-state index in [4.69, 9.17) is 10.5 Å². The van der Waals surface area contributed by atoms with E-state index in [9.17, 15) is 0 Å². The summed E-state index contributed by atoms with van der Waals surface area (Å²) in [6.07, 6.45) is 10.2. The number of nitrogens with two attached hydrogens (primary N) is 1. The number of hydrogen-bond acceptors (Lipinski definition) is 4. The lowest BCUT2D eigenvalue weighted by atomic mass is 9.95. The highest BCUT2D eigenvalue weighted by Crippen LogP contribution is 2.17. The molecule has 0 radical (unpaired) electrons. The van der Waals surface area contributed by atoms with Crippen molar-refractivity contribution < 1.29 is 4.74 Å². The minimum absolute atomic E-state index is 0.0300. The highest BCUT2D eigenvalue weighted by molar-refractivity contribution is 5.22. The summed E-state index contributed by atoms with van der Waals surface area (Å²) in [5.41, 5.74) is 7.17. The molecule has 1 aliphatic carbocycles. The van der Waals surface area contributed by atoms with Crippen molar-refractivity contribution in [2.24, 2.45) is 5.73 Å². The molecule has 0 aromatic carbocycles. The van der Waals surface area contributed by atoms with Crippen molar-refractivity contribution in [3.63, 3.8) is 0 Å². The molecule has 0 amide bonds. The Morgan fingerprint density at radius 1 is 1.37 bits per heavy atom. The quantitative estimate of drug-likeness (QED) is 0.824. The molecule has 1 heterocycles. The minimum atomic E-state index is 0.0300. The Hall–Kier alpha value is -1.13. The van der Waals surface area contributed by atoms with Crippen molar-refractivity contribution >= 4 is 0 Å². The second-order valence-corrected chi connectivity index (χ2v) is 5.51. The Bertz CT molecular complexity index is 377. The van der Waals surface area contributed by atoms with Crippen LogP contribution in [0.4, 0.5) is 0 Å². The summed E-state index contributed by atoms with van der Waals surface area (Å²) in [5.74, 6) is 0.799. The third-order valence-corrected chi connectivity index (χ3v) is 3.59. The van der Waals surface area contributed by atoms with Gasteiger partial charge in [0.2, 0.25) is 0 Å². The summed E-state index contributed by atoms with van der Waals surface area (Å²) >= 11 is 0. The number of rotatable bonds is 6. The summed E-state index contributed by atoms with van der Waals surface area (Å²) in [6.45, 7) is 3.36. The smallest absolute Gasteiger partial charge is 0.137 e. The average molecular weight is 263 g/mol. The SMILES string of the molecule is Cc1cncc(OCC(N)CNC2CCCCC2)c1. The molecule has 19 heavy (non-hydrogen) atoms. The molecule has 0 saturated heterocycles. The molecular formula is C15H25N3O. The number of nitrogens with one attached hydrogen (secondary N) is 1. The first-order valence-corrected chi connectivity index (χ1v) is 7.27. The van der Waals surface area contributed by atoms with E-state index in [0.717, 1.165) is 17.9 Å². The highest BCUT2D eigenvalue weighted by Gasteiger charge is 2.14. The zero-order valence-corrected chi connectivity index (χ0v) is 11.8. The number of pyridine rings is 1.